The van der Waals surface area contributed by atoms with Crippen LogP contribution in [0.3, 0.4) is 0 Å². The molecule has 0 amide bonds. The van der Waals surface area contributed by atoms with E-state index in [4.69, 9.17) is 4.74 Å². The first-order valence-electron chi connectivity index (χ1n) is 5.01. The molecular weight excluding hydrogens is 230 g/mol. The summed E-state index contributed by atoms with van der Waals surface area (Å²) >= 11 is 3.54. The Morgan fingerprint density at radius 3 is 2.31 bits per heavy atom. The maximum Gasteiger partial charge on any atom is 0.0594 e. The molecule has 0 radical (unpaired) electrons. The molecule has 0 aliphatic heterocycles. The molecule has 80 valence electrons. The van der Waals surface area contributed by atoms with Gasteiger partial charge in [0.2, 0.25) is 0 Å². The Hall–Kier alpha value is 0.400. The zero-order chi connectivity index (χ0) is 10.3. The van der Waals surface area contributed by atoms with E-state index in [9.17, 15) is 0 Å². The molecule has 2 nitrogen and oxygen atoms in total. The predicted molar refractivity (Wildman–Crippen MR) is 61.6 cm³/mol. The highest BCUT2D eigenvalue weighted by atomic mass is 79.9. The molecule has 0 aliphatic carbocycles. The van der Waals surface area contributed by atoms with Gasteiger partial charge in [0.05, 0.1) is 12.7 Å². The summed E-state index contributed by atoms with van der Waals surface area (Å²) in [6.45, 7) is 10.2. The van der Waals surface area contributed by atoms with E-state index in [0.29, 0.717) is 17.0 Å². The molecule has 2 unspecified atom stereocenters. The van der Waals surface area contributed by atoms with Gasteiger partial charge in [-0.2, -0.15) is 0 Å². The highest BCUT2D eigenvalue weighted by Crippen LogP contribution is 2.05. The maximum absolute atomic E-state index is 5.42. The summed E-state index contributed by atoms with van der Waals surface area (Å²) in [7, 11) is 0. The van der Waals surface area contributed by atoms with Gasteiger partial charge in [0, 0.05) is 17.4 Å². The monoisotopic (exact) mass is 251 g/mol. The minimum absolute atomic E-state index is 0.340. The number of halogens is 1. The normalized spacial score (nSPS) is 16.2. The second-order valence-electron chi connectivity index (χ2n) is 3.79. The minimum atomic E-state index is 0.340. The van der Waals surface area contributed by atoms with Crippen molar-refractivity contribution >= 4 is 15.9 Å². The second kappa shape index (κ2) is 7.77. The molecule has 0 aromatic heterocycles. The lowest BCUT2D eigenvalue weighted by Crippen LogP contribution is -2.31. The molecule has 0 saturated carbocycles. The standard InChI is InChI=1S/C10H22BrNO/c1-8(2)13-6-5-12-10(4)7-9(3)11/h8-10,12H,5-7H2,1-4H3. The van der Waals surface area contributed by atoms with E-state index in [1.54, 1.807) is 0 Å². The summed E-state index contributed by atoms with van der Waals surface area (Å²) in [5.41, 5.74) is 0. The highest BCUT2D eigenvalue weighted by molar-refractivity contribution is 9.09. The van der Waals surface area contributed by atoms with Crippen LogP contribution in [0.1, 0.15) is 34.1 Å². The van der Waals surface area contributed by atoms with Crippen LogP contribution >= 0.6 is 15.9 Å². The molecular formula is C10H22BrNO. The first-order valence-corrected chi connectivity index (χ1v) is 5.93. The Kier molecular flexibility index (Phi) is 8.01. The largest absolute Gasteiger partial charge is 0.377 e. The zero-order valence-corrected chi connectivity index (χ0v) is 10.7. The van der Waals surface area contributed by atoms with Gasteiger partial charge in [0.15, 0.2) is 0 Å². The summed E-state index contributed by atoms with van der Waals surface area (Å²) in [6, 6.07) is 0.560. The summed E-state index contributed by atoms with van der Waals surface area (Å²) in [5, 5.41) is 3.41. The van der Waals surface area contributed by atoms with Gasteiger partial charge >= 0.3 is 0 Å². The Balaban J connectivity index is 3.22. The zero-order valence-electron chi connectivity index (χ0n) is 9.14. The molecule has 0 aromatic rings. The van der Waals surface area contributed by atoms with Crippen molar-refractivity contribution in [3.8, 4) is 0 Å². The summed E-state index contributed by atoms with van der Waals surface area (Å²) in [6.07, 6.45) is 1.49. The van der Waals surface area contributed by atoms with E-state index in [1.807, 2.05) is 0 Å². The fourth-order valence-electron chi connectivity index (χ4n) is 1.17. The van der Waals surface area contributed by atoms with Crippen LogP contribution in [0.4, 0.5) is 0 Å². The lowest BCUT2D eigenvalue weighted by atomic mass is 10.2. The van der Waals surface area contributed by atoms with Crippen molar-refractivity contribution in [2.75, 3.05) is 13.2 Å². The number of hydrogen-bond donors (Lipinski definition) is 1. The number of rotatable bonds is 7. The van der Waals surface area contributed by atoms with Crippen molar-refractivity contribution in [3.63, 3.8) is 0 Å². The number of nitrogens with one attached hydrogen (secondary N) is 1. The third-order valence-electron chi connectivity index (χ3n) is 1.72. The molecule has 13 heavy (non-hydrogen) atoms. The summed E-state index contributed by atoms with van der Waals surface area (Å²) in [4.78, 5) is 0.584. The molecule has 1 N–H and O–H groups in total. The molecule has 0 fully saturated rings. The molecule has 0 aromatic carbocycles. The maximum atomic E-state index is 5.42. The second-order valence-corrected chi connectivity index (χ2v) is 5.35. The molecule has 2 atom stereocenters. The average Bonchev–Trinajstić information content (AvgIpc) is 1.96. The minimum Gasteiger partial charge on any atom is -0.377 e. The molecule has 0 heterocycles. The van der Waals surface area contributed by atoms with Crippen LogP contribution in [0.25, 0.3) is 0 Å². The van der Waals surface area contributed by atoms with Gasteiger partial charge in [0.1, 0.15) is 0 Å². The molecule has 0 saturated heterocycles. The van der Waals surface area contributed by atoms with E-state index < -0.39 is 0 Å². The number of ether oxygens (including phenoxy) is 1. The van der Waals surface area contributed by atoms with Gasteiger partial charge in [0.25, 0.3) is 0 Å². The van der Waals surface area contributed by atoms with Crippen molar-refractivity contribution in [1.82, 2.24) is 5.32 Å². The Bertz CT molecular complexity index is 117. The van der Waals surface area contributed by atoms with Crippen molar-refractivity contribution in [2.24, 2.45) is 0 Å². The summed E-state index contributed by atoms with van der Waals surface area (Å²) < 4.78 is 5.42. The lowest BCUT2D eigenvalue weighted by Gasteiger charge is -2.15. The molecule has 3 heteroatoms. The predicted octanol–water partition coefficient (Wildman–Crippen LogP) is 2.56. The van der Waals surface area contributed by atoms with Gasteiger partial charge in [-0.1, -0.05) is 22.9 Å². The average molecular weight is 252 g/mol. The Morgan fingerprint density at radius 1 is 1.23 bits per heavy atom. The quantitative estimate of drug-likeness (QED) is 0.555. The van der Waals surface area contributed by atoms with E-state index in [-0.39, 0.29) is 0 Å². The first-order chi connectivity index (χ1) is 6.02. The lowest BCUT2D eigenvalue weighted by molar-refractivity contribution is 0.0795. The van der Waals surface area contributed by atoms with Crippen LogP contribution < -0.4 is 5.32 Å². The van der Waals surface area contributed by atoms with Crippen molar-refractivity contribution in [1.29, 1.82) is 0 Å². The van der Waals surface area contributed by atoms with Crippen LogP contribution in [-0.2, 0) is 4.74 Å². The SMILES string of the molecule is CC(Br)CC(C)NCCOC(C)C. The van der Waals surface area contributed by atoms with Crippen molar-refractivity contribution in [2.45, 2.75) is 51.1 Å². The third-order valence-corrected chi connectivity index (χ3v) is 2.10. The van der Waals surface area contributed by atoms with Crippen molar-refractivity contribution in [3.05, 3.63) is 0 Å². The highest BCUT2D eigenvalue weighted by Gasteiger charge is 2.04. The number of hydrogen-bond acceptors (Lipinski definition) is 2. The van der Waals surface area contributed by atoms with Gasteiger partial charge in [-0.05, 0) is 27.2 Å². The van der Waals surface area contributed by atoms with E-state index in [0.717, 1.165) is 19.6 Å². The summed E-state index contributed by atoms with van der Waals surface area (Å²) in [5.74, 6) is 0. The smallest absolute Gasteiger partial charge is 0.0594 e. The van der Waals surface area contributed by atoms with Gasteiger partial charge in [-0.15, -0.1) is 0 Å². The fourth-order valence-corrected chi connectivity index (χ4v) is 1.73. The molecule has 0 spiro atoms. The van der Waals surface area contributed by atoms with Crippen LogP contribution in [-0.4, -0.2) is 30.1 Å². The Labute approximate surface area is 90.6 Å². The van der Waals surface area contributed by atoms with Crippen LogP contribution in [0.2, 0.25) is 0 Å². The van der Waals surface area contributed by atoms with Crippen molar-refractivity contribution < 1.29 is 4.74 Å². The first kappa shape index (κ1) is 13.4. The molecule has 0 bridgehead atoms. The Morgan fingerprint density at radius 2 is 1.85 bits per heavy atom. The number of alkyl halides is 1. The molecule has 0 rings (SSSR count). The fraction of sp³-hybridized carbons (Fsp3) is 1.00. The van der Waals surface area contributed by atoms with Crippen LogP contribution in [0.5, 0.6) is 0 Å². The van der Waals surface area contributed by atoms with Gasteiger partial charge in [-0.3, -0.25) is 0 Å². The van der Waals surface area contributed by atoms with E-state index in [2.05, 4.69) is 48.9 Å². The van der Waals surface area contributed by atoms with E-state index in [1.165, 1.54) is 0 Å². The van der Waals surface area contributed by atoms with Crippen LogP contribution in [0, 0.1) is 0 Å². The van der Waals surface area contributed by atoms with Gasteiger partial charge < -0.3 is 10.1 Å². The molecule has 0 aliphatic rings. The van der Waals surface area contributed by atoms with Gasteiger partial charge in [-0.25, -0.2) is 0 Å². The van der Waals surface area contributed by atoms with Crippen LogP contribution in [0.15, 0.2) is 0 Å². The third kappa shape index (κ3) is 10.3. The van der Waals surface area contributed by atoms with E-state index >= 15 is 0 Å². The topological polar surface area (TPSA) is 21.3 Å².